The van der Waals surface area contributed by atoms with Gasteiger partial charge in [0.1, 0.15) is 5.75 Å². The highest BCUT2D eigenvalue weighted by Crippen LogP contribution is 2.28. The van der Waals surface area contributed by atoms with Gasteiger partial charge in [-0.05, 0) is 25.5 Å². The molecular weight excluding hydrogens is 323 g/mol. The number of carbonyl (C=O) groups excluding carboxylic acids is 1. The zero-order valence-electron chi connectivity index (χ0n) is 13.3. The predicted octanol–water partition coefficient (Wildman–Crippen LogP) is 1.87. The van der Waals surface area contributed by atoms with Crippen LogP contribution in [0.3, 0.4) is 0 Å². The van der Waals surface area contributed by atoms with Crippen LogP contribution in [0.1, 0.15) is 18.4 Å². The number of nitrogens with one attached hydrogen (secondary N) is 1. The number of rotatable bonds is 6. The molecule has 1 aliphatic heterocycles. The van der Waals surface area contributed by atoms with Crippen LogP contribution in [0, 0.1) is 5.92 Å². The molecule has 5 nitrogen and oxygen atoms in total. The van der Waals surface area contributed by atoms with Crippen molar-refractivity contribution >= 4 is 5.91 Å². The van der Waals surface area contributed by atoms with Crippen LogP contribution in [-0.2, 0) is 11.3 Å². The number of amides is 1. The first-order valence-electron chi connectivity index (χ1n) is 7.93. The summed E-state index contributed by atoms with van der Waals surface area (Å²) in [7, 11) is 0. The molecule has 0 radical (unpaired) electrons. The number of para-hydroxylation sites is 1. The third kappa shape index (κ3) is 5.68. The molecule has 0 spiro atoms. The molecule has 0 aromatic heterocycles. The molecule has 8 heteroatoms. The first kappa shape index (κ1) is 18.5. The summed E-state index contributed by atoms with van der Waals surface area (Å²) in [5.74, 6) is -0.411. The molecule has 0 bridgehead atoms. The number of nitrogens with two attached hydrogens (primary N) is 1. The van der Waals surface area contributed by atoms with Gasteiger partial charge in [-0.15, -0.1) is 13.2 Å². The number of halogens is 3. The molecule has 2 rings (SSSR count). The molecule has 1 amide bonds. The van der Waals surface area contributed by atoms with Gasteiger partial charge in [-0.2, -0.15) is 0 Å². The summed E-state index contributed by atoms with van der Waals surface area (Å²) in [5.41, 5.74) is 5.83. The smallest absolute Gasteiger partial charge is 0.405 e. The van der Waals surface area contributed by atoms with Crippen molar-refractivity contribution in [2.45, 2.75) is 25.7 Å². The fraction of sp³-hybridized carbons (Fsp3) is 0.562. The lowest BCUT2D eigenvalue weighted by atomic mass is 9.96. The van der Waals surface area contributed by atoms with Crippen LogP contribution in [0.4, 0.5) is 13.2 Å². The van der Waals surface area contributed by atoms with E-state index >= 15 is 0 Å². The second kappa shape index (κ2) is 8.34. The topological polar surface area (TPSA) is 67.6 Å². The van der Waals surface area contributed by atoms with Crippen LogP contribution in [0.15, 0.2) is 24.3 Å². The van der Waals surface area contributed by atoms with Gasteiger partial charge in [0, 0.05) is 31.7 Å². The minimum absolute atomic E-state index is 0.0509. The summed E-state index contributed by atoms with van der Waals surface area (Å²) < 4.78 is 41.5. The molecule has 3 N–H and O–H groups in total. The molecule has 134 valence electrons. The average molecular weight is 345 g/mol. The van der Waals surface area contributed by atoms with Crippen LogP contribution < -0.4 is 15.8 Å². The van der Waals surface area contributed by atoms with Crippen LogP contribution in [0.25, 0.3) is 0 Å². The normalized spacial score (nSPS) is 19.1. The minimum Gasteiger partial charge on any atom is -0.405 e. The van der Waals surface area contributed by atoms with Crippen molar-refractivity contribution < 1.29 is 22.7 Å². The largest absolute Gasteiger partial charge is 0.573 e. The number of ether oxygens (including phenoxy) is 1. The molecule has 1 atom stereocenters. The van der Waals surface area contributed by atoms with E-state index in [1.807, 2.05) is 4.90 Å². The quantitative estimate of drug-likeness (QED) is 0.826. The van der Waals surface area contributed by atoms with E-state index in [0.717, 1.165) is 19.4 Å². The van der Waals surface area contributed by atoms with E-state index in [1.54, 1.807) is 12.1 Å². The fourth-order valence-corrected chi connectivity index (χ4v) is 2.85. The highest BCUT2D eigenvalue weighted by molar-refractivity contribution is 5.78. The predicted molar refractivity (Wildman–Crippen MR) is 83.2 cm³/mol. The molecule has 1 aliphatic rings. The summed E-state index contributed by atoms with van der Waals surface area (Å²) in [6, 6.07) is 6.09. The molecule has 1 fully saturated rings. The second-order valence-electron chi connectivity index (χ2n) is 5.81. The van der Waals surface area contributed by atoms with Crippen molar-refractivity contribution in [1.29, 1.82) is 0 Å². The van der Waals surface area contributed by atoms with Gasteiger partial charge in [0.25, 0.3) is 0 Å². The zero-order chi connectivity index (χ0) is 17.6. The Balaban J connectivity index is 1.99. The van der Waals surface area contributed by atoms with Crippen molar-refractivity contribution in [2.75, 3.05) is 26.2 Å². The van der Waals surface area contributed by atoms with Gasteiger partial charge < -0.3 is 15.8 Å². The second-order valence-corrected chi connectivity index (χ2v) is 5.81. The number of nitrogens with zero attached hydrogens (tertiary/aromatic N) is 1. The molecule has 1 heterocycles. The van der Waals surface area contributed by atoms with Crippen LogP contribution in [-0.4, -0.2) is 43.3 Å². The van der Waals surface area contributed by atoms with Gasteiger partial charge in [-0.3, -0.25) is 9.69 Å². The number of benzene rings is 1. The number of carbonyl (C=O) groups is 1. The van der Waals surface area contributed by atoms with Crippen molar-refractivity contribution in [3.8, 4) is 5.75 Å². The monoisotopic (exact) mass is 345 g/mol. The number of likely N-dealkylation sites (tertiary alicyclic amines) is 1. The standard InChI is InChI=1S/C16H22F3N3O2/c17-16(18,19)24-14-6-2-1-4-12(14)10-22-9-3-5-13(11-22)15(23)21-8-7-20/h1-2,4,6,13H,3,5,7-11,20H2,(H,21,23). The summed E-state index contributed by atoms with van der Waals surface area (Å²) in [5, 5.41) is 2.76. The maximum atomic E-state index is 12.5. The summed E-state index contributed by atoms with van der Waals surface area (Å²) >= 11 is 0. The molecule has 1 unspecified atom stereocenters. The van der Waals surface area contributed by atoms with Gasteiger partial charge in [-0.25, -0.2) is 0 Å². The highest BCUT2D eigenvalue weighted by atomic mass is 19.4. The summed E-state index contributed by atoms with van der Waals surface area (Å²) in [6.07, 6.45) is -3.13. The van der Waals surface area contributed by atoms with Gasteiger partial charge in [0.05, 0.1) is 5.92 Å². The first-order valence-corrected chi connectivity index (χ1v) is 7.93. The van der Waals surface area contributed by atoms with Crippen LogP contribution in [0.5, 0.6) is 5.75 Å². The first-order chi connectivity index (χ1) is 11.4. The summed E-state index contributed by atoms with van der Waals surface area (Å²) in [6.45, 7) is 2.37. The Hall–Kier alpha value is -1.80. The van der Waals surface area contributed by atoms with E-state index in [-0.39, 0.29) is 17.6 Å². The number of hydrogen-bond donors (Lipinski definition) is 2. The molecule has 1 saturated heterocycles. The van der Waals surface area contributed by atoms with E-state index in [9.17, 15) is 18.0 Å². The lowest BCUT2D eigenvalue weighted by Crippen LogP contribution is -2.43. The highest BCUT2D eigenvalue weighted by Gasteiger charge is 2.32. The van der Waals surface area contributed by atoms with Gasteiger partial charge >= 0.3 is 6.36 Å². The maximum absolute atomic E-state index is 12.5. The Morgan fingerprint density at radius 2 is 2.12 bits per heavy atom. The van der Waals surface area contributed by atoms with Crippen LogP contribution >= 0.6 is 0 Å². The van der Waals surface area contributed by atoms with E-state index in [2.05, 4.69) is 10.1 Å². The Morgan fingerprint density at radius 3 is 2.83 bits per heavy atom. The van der Waals surface area contributed by atoms with E-state index < -0.39 is 6.36 Å². The van der Waals surface area contributed by atoms with Crippen LogP contribution in [0.2, 0.25) is 0 Å². The Kier molecular flexibility index (Phi) is 6.44. The molecule has 0 saturated carbocycles. The molecular formula is C16H22F3N3O2. The third-order valence-corrected chi connectivity index (χ3v) is 3.91. The van der Waals surface area contributed by atoms with E-state index in [1.165, 1.54) is 12.1 Å². The lowest BCUT2D eigenvalue weighted by molar-refractivity contribution is -0.275. The molecule has 1 aromatic rings. The Morgan fingerprint density at radius 1 is 1.38 bits per heavy atom. The van der Waals surface area contributed by atoms with Crippen molar-refractivity contribution in [3.05, 3.63) is 29.8 Å². The number of alkyl halides is 3. The SMILES string of the molecule is NCCNC(=O)C1CCCN(Cc2ccccc2OC(F)(F)F)C1. The van der Waals surface area contributed by atoms with Crippen molar-refractivity contribution in [2.24, 2.45) is 11.7 Å². The van der Waals surface area contributed by atoms with Crippen molar-refractivity contribution in [3.63, 3.8) is 0 Å². The fourth-order valence-electron chi connectivity index (χ4n) is 2.85. The Bertz CT molecular complexity index is 552. The summed E-state index contributed by atoms with van der Waals surface area (Å²) in [4.78, 5) is 14.0. The molecule has 0 aliphatic carbocycles. The number of hydrogen-bond acceptors (Lipinski definition) is 4. The van der Waals surface area contributed by atoms with Gasteiger partial charge in [-0.1, -0.05) is 18.2 Å². The third-order valence-electron chi connectivity index (χ3n) is 3.91. The average Bonchev–Trinajstić information content (AvgIpc) is 2.53. The van der Waals surface area contributed by atoms with E-state index in [4.69, 9.17) is 5.73 Å². The van der Waals surface area contributed by atoms with Gasteiger partial charge in [0.15, 0.2) is 0 Å². The Labute approximate surface area is 138 Å². The van der Waals surface area contributed by atoms with Gasteiger partial charge in [0.2, 0.25) is 5.91 Å². The lowest BCUT2D eigenvalue weighted by Gasteiger charge is -2.32. The minimum atomic E-state index is -4.72. The van der Waals surface area contributed by atoms with E-state index in [0.29, 0.717) is 31.7 Å². The number of piperidine rings is 1. The molecule has 24 heavy (non-hydrogen) atoms. The zero-order valence-corrected chi connectivity index (χ0v) is 13.3. The van der Waals surface area contributed by atoms with Crippen molar-refractivity contribution in [1.82, 2.24) is 10.2 Å². The molecule has 1 aromatic carbocycles. The maximum Gasteiger partial charge on any atom is 0.573 e.